The van der Waals surface area contributed by atoms with E-state index in [9.17, 15) is 4.79 Å². The van der Waals surface area contributed by atoms with Crippen molar-refractivity contribution >= 4 is 23.6 Å². The van der Waals surface area contributed by atoms with E-state index in [2.05, 4.69) is 22.0 Å². The summed E-state index contributed by atoms with van der Waals surface area (Å²) in [6.45, 7) is 2.30. The first kappa shape index (κ1) is 16.2. The van der Waals surface area contributed by atoms with Crippen molar-refractivity contribution in [2.45, 2.75) is 19.3 Å². The van der Waals surface area contributed by atoms with E-state index in [1.54, 1.807) is 18.3 Å². The van der Waals surface area contributed by atoms with Crippen LogP contribution in [0.2, 0.25) is 0 Å². The van der Waals surface area contributed by atoms with Crippen LogP contribution in [0.3, 0.4) is 0 Å². The van der Waals surface area contributed by atoms with E-state index in [1.165, 1.54) is 32.1 Å². The molecular formula is C20H22N2O2. The first-order valence-corrected chi connectivity index (χ1v) is 8.34. The summed E-state index contributed by atoms with van der Waals surface area (Å²) in [6.07, 6.45) is 5.70. The van der Waals surface area contributed by atoms with Gasteiger partial charge >= 0.3 is 5.97 Å². The molecule has 4 nitrogen and oxygen atoms in total. The second-order valence-electron chi connectivity index (χ2n) is 5.94. The third kappa shape index (κ3) is 4.02. The second kappa shape index (κ2) is 7.77. The van der Waals surface area contributed by atoms with Crippen molar-refractivity contribution in [2.75, 3.05) is 25.1 Å². The Kier molecular flexibility index (Phi) is 5.26. The van der Waals surface area contributed by atoms with E-state index >= 15 is 0 Å². The fourth-order valence-corrected chi connectivity index (χ4v) is 2.87. The van der Waals surface area contributed by atoms with Crippen LogP contribution in [0.25, 0.3) is 0 Å². The molecule has 1 aliphatic rings. The summed E-state index contributed by atoms with van der Waals surface area (Å²) in [5.74, 6) is -0.327. The molecule has 124 valence electrons. The Morgan fingerprint density at radius 1 is 1.00 bits per heavy atom. The van der Waals surface area contributed by atoms with Gasteiger partial charge in [0, 0.05) is 25.0 Å². The van der Waals surface area contributed by atoms with Gasteiger partial charge in [-0.1, -0.05) is 12.1 Å². The molecule has 3 rings (SSSR count). The first-order chi connectivity index (χ1) is 11.8. The third-order valence-electron chi connectivity index (χ3n) is 4.27. The summed E-state index contributed by atoms with van der Waals surface area (Å²) in [4.78, 5) is 18.3. The first-order valence-electron chi connectivity index (χ1n) is 8.34. The topological polar surface area (TPSA) is 41.9 Å². The highest BCUT2D eigenvalue weighted by atomic mass is 16.5. The van der Waals surface area contributed by atoms with Crippen molar-refractivity contribution in [1.82, 2.24) is 0 Å². The van der Waals surface area contributed by atoms with Crippen molar-refractivity contribution in [3.8, 4) is 0 Å². The highest BCUT2D eigenvalue weighted by Crippen LogP contribution is 2.23. The molecule has 0 atom stereocenters. The van der Waals surface area contributed by atoms with Gasteiger partial charge in [-0.05, 0) is 61.2 Å². The van der Waals surface area contributed by atoms with E-state index in [4.69, 9.17) is 4.74 Å². The van der Waals surface area contributed by atoms with E-state index < -0.39 is 0 Å². The molecule has 0 aromatic heterocycles. The number of aliphatic imine (C=N–C) groups is 1. The lowest BCUT2D eigenvalue weighted by Gasteiger charge is -2.28. The zero-order valence-corrected chi connectivity index (χ0v) is 13.9. The van der Waals surface area contributed by atoms with Gasteiger partial charge in [0.25, 0.3) is 0 Å². The predicted molar refractivity (Wildman–Crippen MR) is 97.5 cm³/mol. The summed E-state index contributed by atoms with van der Waals surface area (Å²) in [6, 6.07) is 15.6. The number of hydrogen-bond acceptors (Lipinski definition) is 4. The zero-order valence-electron chi connectivity index (χ0n) is 13.9. The Labute approximate surface area is 142 Å². The number of anilines is 1. The summed E-state index contributed by atoms with van der Waals surface area (Å²) >= 11 is 0. The lowest BCUT2D eigenvalue weighted by Crippen LogP contribution is -2.29. The minimum atomic E-state index is -0.327. The van der Waals surface area contributed by atoms with Gasteiger partial charge in [-0.25, -0.2) is 4.79 Å². The van der Waals surface area contributed by atoms with Crippen LogP contribution >= 0.6 is 0 Å². The van der Waals surface area contributed by atoms with E-state index in [-0.39, 0.29) is 5.97 Å². The van der Waals surface area contributed by atoms with Crippen LogP contribution in [0.4, 0.5) is 11.4 Å². The number of ether oxygens (including phenoxy) is 1. The molecule has 0 radical (unpaired) electrons. The maximum absolute atomic E-state index is 11.4. The predicted octanol–water partition coefficient (Wildman–Crippen LogP) is 4.21. The van der Waals surface area contributed by atoms with Crippen LogP contribution in [-0.2, 0) is 4.74 Å². The van der Waals surface area contributed by atoms with Crippen molar-refractivity contribution in [1.29, 1.82) is 0 Å². The van der Waals surface area contributed by atoms with Gasteiger partial charge in [-0.2, -0.15) is 0 Å². The Balaban J connectivity index is 1.64. The largest absolute Gasteiger partial charge is 0.465 e. The number of esters is 1. The number of rotatable bonds is 4. The molecule has 0 aliphatic carbocycles. The van der Waals surface area contributed by atoms with Crippen LogP contribution in [0.15, 0.2) is 53.5 Å². The summed E-state index contributed by atoms with van der Waals surface area (Å²) in [5.41, 5.74) is 3.69. The molecule has 0 N–H and O–H groups in total. The molecule has 1 heterocycles. The second-order valence-corrected chi connectivity index (χ2v) is 5.94. The number of carbonyl (C=O) groups is 1. The fraction of sp³-hybridized carbons (Fsp3) is 0.300. The van der Waals surface area contributed by atoms with E-state index in [0.29, 0.717) is 5.56 Å². The minimum absolute atomic E-state index is 0.327. The fourth-order valence-electron chi connectivity index (χ4n) is 2.87. The lowest BCUT2D eigenvalue weighted by molar-refractivity contribution is 0.0600. The molecule has 0 bridgehead atoms. The van der Waals surface area contributed by atoms with Crippen molar-refractivity contribution in [2.24, 2.45) is 4.99 Å². The van der Waals surface area contributed by atoms with Crippen molar-refractivity contribution in [3.63, 3.8) is 0 Å². The average Bonchev–Trinajstić information content (AvgIpc) is 2.67. The SMILES string of the molecule is COC(=O)c1ccc(C=Nc2ccc(N3CCCCC3)cc2)cc1. The van der Waals surface area contributed by atoms with Crippen LogP contribution < -0.4 is 4.90 Å². The van der Waals surface area contributed by atoms with Crippen LogP contribution in [0.5, 0.6) is 0 Å². The number of benzene rings is 2. The van der Waals surface area contributed by atoms with Gasteiger partial charge in [0.1, 0.15) is 0 Å². The number of piperidine rings is 1. The maximum atomic E-state index is 11.4. The molecule has 0 unspecified atom stereocenters. The van der Waals surface area contributed by atoms with Crippen molar-refractivity contribution < 1.29 is 9.53 Å². The normalized spacial score (nSPS) is 14.8. The van der Waals surface area contributed by atoms with Gasteiger partial charge in [0.2, 0.25) is 0 Å². The number of nitrogens with zero attached hydrogens (tertiary/aromatic N) is 2. The molecule has 0 amide bonds. The molecular weight excluding hydrogens is 300 g/mol. The van der Waals surface area contributed by atoms with Gasteiger partial charge in [0.05, 0.1) is 18.4 Å². The lowest BCUT2D eigenvalue weighted by atomic mass is 10.1. The van der Waals surface area contributed by atoms with E-state index in [1.807, 2.05) is 24.3 Å². The molecule has 24 heavy (non-hydrogen) atoms. The van der Waals surface area contributed by atoms with E-state index in [0.717, 1.165) is 24.3 Å². The highest BCUT2D eigenvalue weighted by molar-refractivity contribution is 5.91. The molecule has 2 aromatic rings. The number of hydrogen-bond donors (Lipinski definition) is 0. The Morgan fingerprint density at radius 2 is 1.67 bits per heavy atom. The van der Waals surface area contributed by atoms with Crippen LogP contribution in [0, 0.1) is 0 Å². The summed E-state index contributed by atoms with van der Waals surface area (Å²) < 4.78 is 4.69. The van der Waals surface area contributed by atoms with Crippen LogP contribution in [-0.4, -0.2) is 32.4 Å². The molecule has 1 saturated heterocycles. The Hall–Kier alpha value is -2.62. The molecule has 4 heteroatoms. The summed E-state index contributed by atoms with van der Waals surface area (Å²) in [7, 11) is 1.38. The van der Waals surface area contributed by atoms with Gasteiger partial charge < -0.3 is 9.64 Å². The van der Waals surface area contributed by atoms with Crippen LogP contribution in [0.1, 0.15) is 35.2 Å². The molecule has 1 aliphatic heterocycles. The van der Waals surface area contributed by atoms with Gasteiger partial charge in [0.15, 0.2) is 0 Å². The smallest absolute Gasteiger partial charge is 0.337 e. The number of methoxy groups -OCH3 is 1. The Morgan fingerprint density at radius 3 is 2.29 bits per heavy atom. The molecule has 2 aromatic carbocycles. The third-order valence-corrected chi connectivity index (χ3v) is 4.27. The quantitative estimate of drug-likeness (QED) is 0.625. The molecule has 1 fully saturated rings. The van der Waals surface area contributed by atoms with Crippen molar-refractivity contribution in [3.05, 3.63) is 59.7 Å². The number of carbonyl (C=O) groups excluding carboxylic acids is 1. The average molecular weight is 322 g/mol. The Bertz CT molecular complexity index is 699. The highest BCUT2D eigenvalue weighted by Gasteiger charge is 2.10. The monoisotopic (exact) mass is 322 g/mol. The molecule has 0 saturated carbocycles. The minimum Gasteiger partial charge on any atom is -0.465 e. The van der Waals surface area contributed by atoms with Gasteiger partial charge in [-0.15, -0.1) is 0 Å². The van der Waals surface area contributed by atoms with Gasteiger partial charge in [-0.3, -0.25) is 4.99 Å². The maximum Gasteiger partial charge on any atom is 0.337 e. The standard InChI is InChI=1S/C20H22N2O2/c1-24-20(23)17-7-5-16(6-8-17)15-21-18-9-11-19(12-10-18)22-13-3-2-4-14-22/h5-12,15H,2-4,13-14H2,1H3. The zero-order chi connectivity index (χ0) is 16.8. The summed E-state index contributed by atoms with van der Waals surface area (Å²) in [5, 5.41) is 0. The molecule has 0 spiro atoms.